The Morgan fingerprint density at radius 1 is 1.25 bits per heavy atom. The summed E-state index contributed by atoms with van der Waals surface area (Å²) in [4.78, 5) is 32.7. The Morgan fingerprint density at radius 2 is 1.96 bits per heavy atom. The van der Waals surface area contributed by atoms with Gasteiger partial charge in [0, 0.05) is 36.8 Å². The van der Waals surface area contributed by atoms with E-state index in [1.807, 2.05) is 4.90 Å². The second-order valence-corrected chi connectivity index (χ2v) is 6.82. The molecule has 0 amide bonds. The van der Waals surface area contributed by atoms with Crippen molar-refractivity contribution < 1.29 is 22.4 Å². The summed E-state index contributed by atoms with van der Waals surface area (Å²) in [6.45, 7) is 1.36. The van der Waals surface area contributed by atoms with E-state index in [1.165, 1.54) is 12.4 Å². The van der Waals surface area contributed by atoms with Crippen LogP contribution in [0.5, 0.6) is 0 Å². The number of alkyl halides is 3. The minimum Gasteiger partial charge on any atom is -0.326 e. The predicted molar refractivity (Wildman–Crippen MR) is 93.0 cm³/mol. The Bertz CT molecular complexity index is 903. The second-order valence-electron chi connectivity index (χ2n) is 6.82. The first-order valence-corrected chi connectivity index (χ1v) is 8.88. The van der Waals surface area contributed by atoms with Gasteiger partial charge in [0.2, 0.25) is 0 Å². The minimum atomic E-state index is -4.71. The maximum absolute atomic E-state index is 14.0. The van der Waals surface area contributed by atoms with Crippen LogP contribution >= 0.6 is 0 Å². The molecule has 28 heavy (non-hydrogen) atoms. The maximum Gasteiger partial charge on any atom is 0.416 e. The molecule has 0 spiro atoms. The van der Waals surface area contributed by atoms with Crippen LogP contribution in [0.1, 0.15) is 29.7 Å². The molecule has 1 saturated heterocycles. The number of benzene rings is 1. The average Bonchev–Trinajstić information content (AvgIpc) is 2.65. The number of likely N-dealkylation sites (tertiary alicyclic amines) is 1. The van der Waals surface area contributed by atoms with E-state index in [-0.39, 0.29) is 5.56 Å². The largest absolute Gasteiger partial charge is 0.416 e. The number of rotatable bonds is 5. The molecule has 5 nitrogen and oxygen atoms in total. The summed E-state index contributed by atoms with van der Waals surface area (Å²) in [7, 11) is 0. The summed E-state index contributed by atoms with van der Waals surface area (Å²) in [5, 5.41) is 0. The van der Waals surface area contributed by atoms with Crippen LogP contribution in [-0.2, 0) is 23.9 Å². The summed E-state index contributed by atoms with van der Waals surface area (Å²) < 4.78 is 53.2. The molecular weight excluding hydrogens is 378 g/mol. The molecule has 9 heteroatoms. The highest BCUT2D eigenvalue weighted by molar-refractivity contribution is 5.83. The number of H-pyrrole nitrogens is 1. The molecule has 1 aromatic heterocycles. The number of nitrogens with one attached hydrogen (secondary N) is 1. The smallest absolute Gasteiger partial charge is 0.326 e. The molecule has 1 aliphatic heterocycles. The van der Waals surface area contributed by atoms with Gasteiger partial charge in [-0.15, -0.1) is 0 Å². The Kier molecular flexibility index (Phi) is 5.93. The van der Waals surface area contributed by atoms with E-state index in [1.54, 1.807) is 0 Å². The average molecular weight is 397 g/mol. The van der Waals surface area contributed by atoms with Gasteiger partial charge >= 0.3 is 6.18 Å². The van der Waals surface area contributed by atoms with E-state index in [9.17, 15) is 27.2 Å². The zero-order valence-electron chi connectivity index (χ0n) is 14.9. The van der Waals surface area contributed by atoms with E-state index in [0.717, 1.165) is 18.2 Å². The number of Topliss-reactive ketones (excluding diaryl/α,β-unsaturated/α-hetero) is 1. The lowest BCUT2D eigenvalue weighted by Crippen LogP contribution is -2.38. The summed E-state index contributed by atoms with van der Waals surface area (Å²) in [5.74, 6) is -1.85. The minimum absolute atomic E-state index is 0.278. The van der Waals surface area contributed by atoms with E-state index >= 15 is 0 Å². The van der Waals surface area contributed by atoms with Gasteiger partial charge in [0.1, 0.15) is 17.3 Å². The van der Waals surface area contributed by atoms with Gasteiger partial charge in [-0.25, -0.2) is 4.39 Å². The third-order valence-electron chi connectivity index (χ3n) is 4.97. The molecule has 3 rings (SSSR count). The van der Waals surface area contributed by atoms with Crippen LogP contribution in [-0.4, -0.2) is 33.7 Å². The molecule has 0 radical (unpaired) electrons. The molecule has 1 fully saturated rings. The van der Waals surface area contributed by atoms with Gasteiger partial charge in [0.05, 0.1) is 5.56 Å². The number of aromatic amines is 1. The predicted octanol–water partition coefficient (Wildman–Crippen LogP) is 2.95. The quantitative estimate of drug-likeness (QED) is 0.788. The van der Waals surface area contributed by atoms with E-state index in [0.29, 0.717) is 38.2 Å². The van der Waals surface area contributed by atoms with Crippen LogP contribution < -0.4 is 5.56 Å². The molecular formula is C19H19F4N3O2. The number of nitrogens with zero attached hydrogens (tertiary/aromatic N) is 2. The van der Waals surface area contributed by atoms with E-state index < -0.39 is 41.2 Å². The topological polar surface area (TPSA) is 66.1 Å². The SMILES string of the molecule is O=C(Cc1c(F)cccc1C(F)(F)F)C1CCN(Cc2ncc[nH]c2=O)CC1. The summed E-state index contributed by atoms with van der Waals surface area (Å²) in [6, 6.07) is 2.72. The van der Waals surface area contributed by atoms with Crippen molar-refractivity contribution in [3.05, 3.63) is 63.6 Å². The Balaban J connectivity index is 1.62. The normalized spacial score (nSPS) is 16.3. The number of ketones is 1. The zero-order chi connectivity index (χ0) is 20.3. The highest BCUT2D eigenvalue weighted by Gasteiger charge is 2.36. The summed E-state index contributed by atoms with van der Waals surface area (Å²) in [5.41, 5.74) is -1.61. The molecule has 0 atom stereocenters. The third kappa shape index (κ3) is 4.64. The fraction of sp³-hybridized carbons (Fsp3) is 0.421. The number of hydrogen-bond donors (Lipinski definition) is 1. The third-order valence-corrected chi connectivity index (χ3v) is 4.97. The highest BCUT2D eigenvalue weighted by atomic mass is 19.4. The molecule has 0 aliphatic carbocycles. The molecule has 2 heterocycles. The molecule has 1 N–H and O–H groups in total. The summed E-state index contributed by atoms with van der Waals surface area (Å²) in [6.07, 6.45) is -1.48. The van der Waals surface area contributed by atoms with Crippen LogP contribution in [0.15, 0.2) is 35.4 Å². The van der Waals surface area contributed by atoms with Gasteiger partial charge < -0.3 is 4.98 Å². The number of piperidine rings is 1. The van der Waals surface area contributed by atoms with Crippen LogP contribution in [0.2, 0.25) is 0 Å². The lowest BCUT2D eigenvalue weighted by molar-refractivity contribution is -0.138. The number of aromatic nitrogens is 2. The van der Waals surface area contributed by atoms with Gasteiger partial charge in [-0.3, -0.25) is 19.5 Å². The zero-order valence-corrected chi connectivity index (χ0v) is 14.9. The first-order chi connectivity index (χ1) is 13.3. The molecule has 0 saturated carbocycles. The van der Waals surface area contributed by atoms with Crippen molar-refractivity contribution >= 4 is 5.78 Å². The molecule has 0 bridgehead atoms. The number of carbonyl (C=O) groups is 1. The van der Waals surface area contributed by atoms with Crippen molar-refractivity contribution in [3.8, 4) is 0 Å². The van der Waals surface area contributed by atoms with Crippen molar-refractivity contribution in [1.29, 1.82) is 0 Å². The van der Waals surface area contributed by atoms with Gasteiger partial charge in [0.15, 0.2) is 0 Å². The molecule has 1 aliphatic rings. The second kappa shape index (κ2) is 8.22. The molecule has 1 aromatic carbocycles. The molecule has 2 aromatic rings. The Labute approximate surface area is 158 Å². The fourth-order valence-electron chi connectivity index (χ4n) is 3.44. The lowest BCUT2D eigenvalue weighted by Gasteiger charge is -2.31. The standard InChI is InChI=1S/C19H19F4N3O2/c20-15-3-1-2-14(19(21,22)23)13(15)10-17(27)12-4-8-26(9-5-12)11-16-18(28)25-7-6-24-16/h1-3,6-7,12H,4-5,8-11H2,(H,25,28). The Morgan fingerprint density at radius 3 is 2.61 bits per heavy atom. The van der Waals surface area contributed by atoms with Gasteiger partial charge in [0.25, 0.3) is 5.56 Å². The van der Waals surface area contributed by atoms with Crippen LogP contribution in [0.4, 0.5) is 17.6 Å². The van der Waals surface area contributed by atoms with Gasteiger partial charge in [-0.2, -0.15) is 13.2 Å². The van der Waals surface area contributed by atoms with Crippen molar-refractivity contribution in [2.75, 3.05) is 13.1 Å². The van der Waals surface area contributed by atoms with Crippen LogP contribution in [0.25, 0.3) is 0 Å². The first kappa shape index (κ1) is 20.2. The fourth-order valence-corrected chi connectivity index (χ4v) is 3.44. The Hall–Kier alpha value is -2.55. The monoisotopic (exact) mass is 397 g/mol. The number of halogens is 4. The number of hydrogen-bond acceptors (Lipinski definition) is 4. The lowest BCUT2D eigenvalue weighted by atomic mass is 9.88. The van der Waals surface area contributed by atoms with Crippen molar-refractivity contribution in [2.24, 2.45) is 5.92 Å². The molecule has 0 unspecified atom stereocenters. The highest BCUT2D eigenvalue weighted by Crippen LogP contribution is 2.34. The van der Waals surface area contributed by atoms with Gasteiger partial charge in [-0.05, 0) is 38.1 Å². The first-order valence-electron chi connectivity index (χ1n) is 8.88. The van der Waals surface area contributed by atoms with E-state index in [4.69, 9.17) is 0 Å². The van der Waals surface area contributed by atoms with Crippen LogP contribution in [0, 0.1) is 11.7 Å². The van der Waals surface area contributed by atoms with Crippen molar-refractivity contribution in [3.63, 3.8) is 0 Å². The maximum atomic E-state index is 14.0. The number of carbonyl (C=O) groups excluding carboxylic acids is 1. The van der Waals surface area contributed by atoms with E-state index in [2.05, 4.69) is 9.97 Å². The summed E-state index contributed by atoms with van der Waals surface area (Å²) >= 11 is 0. The van der Waals surface area contributed by atoms with Crippen molar-refractivity contribution in [2.45, 2.75) is 32.0 Å². The van der Waals surface area contributed by atoms with Crippen LogP contribution in [0.3, 0.4) is 0 Å². The van der Waals surface area contributed by atoms with Crippen molar-refractivity contribution in [1.82, 2.24) is 14.9 Å². The van der Waals surface area contributed by atoms with Gasteiger partial charge in [-0.1, -0.05) is 6.07 Å². The molecule has 150 valence electrons.